The molecule has 118 valence electrons. The molecule has 2 nitrogen and oxygen atoms in total. The fourth-order valence-corrected chi connectivity index (χ4v) is 2.93. The molecular formula is C21H17FN2. The highest BCUT2D eigenvalue weighted by molar-refractivity contribution is 5.80. The molecule has 0 atom stereocenters. The van der Waals surface area contributed by atoms with Crippen LogP contribution >= 0.6 is 0 Å². The van der Waals surface area contributed by atoms with Crippen molar-refractivity contribution < 1.29 is 4.39 Å². The SMILES string of the molecule is Cc1ccc(-c2nc3ccccc3n2Cc2ccc(F)cc2)cc1. The van der Waals surface area contributed by atoms with E-state index >= 15 is 0 Å². The quantitative estimate of drug-likeness (QED) is 0.508. The molecule has 0 radical (unpaired) electrons. The maximum atomic E-state index is 13.2. The molecule has 1 heterocycles. The van der Waals surface area contributed by atoms with Crippen molar-refractivity contribution >= 4 is 11.0 Å². The Morgan fingerprint density at radius 1 is 0.875 bits per heavy atom. The summed E-state index contributed by atoms with van der Waals surface area (Å²) in [4.78, 5) is 4.82. The Balaban J connectivity index is 1.86. The number of imidazole rings is 1. The number of aryl methyl sites for hydroxylation is 1. The summed E-state index contributed by atoms with van der Waals surface area (Å²) in [6, 6.07) is 23.1. The van der Waals surface area contributed by atoms with Gasteiger partial charge in [0.2, 0.25) is 0 Å². The highest BCUT2D eigenvalue weighted by atomic mass is 19.1. The van der Waals surface area contributed by atoms with Crippen molar-refractivity contribution in [2.24, 2.45) is 0 Å². The zero-order valence-corrected chi connectivity index (χ0v) is 13.4. The Morgan fingerprint density at radius 3 is 2.33 bits per heavy atom. The van der Waals surface area contributed by atoms with E-state index in [1.807, 2.05) is 30.3 Å². The Labute approximate surface area is 140 Å². The van der Waals surface area contributed by atoms with Crippen LogP contribution in [-0.2, 0) is 6.54 Å². The number of aromatic nitrogens is 2. The Morgan fingerprint density at radius 2 is 1.58 bits per heavy atom. The maximum Gasteiger partial charge on any atom is 0.141 e. The second-order valence-corrected chi connectivity index (χ2v) is 6.00. The number of halogens is 1. The average Bonchev–Trinajstić information content (AvgIpc) is 2.96. The van der Waals surface area contributed by atoms with E-state index in [9.17, 15) is 4.39 Å². The number of hydrogen-bond donors (Lipinski definition) is 0. The van der Waals surface area contributed by atoms with Crippen LogP contribution in [0.5, 0.6) is 0 Å². The van der Waals surface area contributed by atoms with Crippen LogP contribution in [0.3, 0.4) is 0 Å². The van der Waals surface area contributed by atoms with E-state index in [-0.39, 0.29) is 5.82 Å². The molecule has 0 saturated carbocycles. The molecule has 3 aromatic carbocycles. The van der Waals surface area contributed by atoms with Gasteiger partial charge in [0.1, 0.15) is 11.6 Å². The van der Waals surface area contributed by atoms with Crippen LogP contribution in [0.2, 0.25) is 0 Å². The van der Waals surface area contributed by atoms with Gasteiger partial charge in [0.25, 0.3) is 0 Å². The first kappa shape index (κ1) is 14.6. The molecule has 0 aliphatic carbocycles. The van der Waals surface area contributed by atoms with Crippen molar-refractivity contribution in [3.05, 3.63) is 89.7 Å². The van der Waals surface area contributed by atoms with Gasteiger partial charge in [-0.1, -0.05) is 54.1 Å². The number of benzene rings is 3. The van der Waals surface area contributed by atoms with Crippen LogP contribution in [-0.4, -0.2) is 9.55 Å². The van der Waals surface area contributed by atoms with Crippen molar-refractivity contribution in [3.8, 4) is 11.4 Å². The summed E-state index contributed by atoms with van der Waals surface area (Å²) in [5, 5.41) is 0. The van der Waals surface area contributed by atoms with Gasteiger partial charge in [-0.3, -0.25) is 0 Å². The Kier molecular flexibility index (Phi) is 3.62. The van der Waals surface area contributed by atoms with Crippen LogP contribution in [0.25, 0.3) is 22.4 Å². The topological polar surface area (TPSA) is 17.8 Å². The van der Waals surface area contributed by atoms with Crippen molar-refractivity contribution in [3.63, 3.8) is 0 Å². The minimum absolute atomic E-state index is 0.215. The van der Waals surface area contributed by atoms with E-state index in [0.717, 1.165) is 28.0 Å². The third-order valence-corrected chi connectivity index (χ3v) is 4.22. The van der Waals surface area contributed by atoms with Gasteiger partial charge in [-0.15, -0.1) is 0 Å². The van der Waals surface area contributed by atoms with E-state index in [0.29, 0.717) is 6.54 Å². The molecule has 4 rings (SSSR count). The van der Waals surface area contributed by atoms with E-state index < -0.39 is 0 Å². The fraction of sp³-hybridized carbons (Fsp3) is 0.0952. The van der Waals surface area contributed by atoms with E-state index in [1.54, 1.807) is 0 Å². The normalized spacial score (nSPS) is 11.1. The standard InChI is InChI=1S/C21H17FN2/c1-15-6-10-17(11-7-15)21-23-19-4-2-3-5-20(19)24(21)14-16-8-12-18(22)13-9-16/h2-13H,14H2,1H3. The zero-order chi connectivity index (χ0) is 16.5. The number of fused-ring (bicyclic) bond motifs is 1. The Hall–Kier alpha value is -2.94. The number of para-hydroxylation sites is 2. The number of nitrogens with zero attached hydrogens (tertiary/aromatic N) is 2. The number of hydrogen-bond acceptors (Lipinski definition) is 1. The van der Waals surface area contributed by atoms with Crippen molar-refractivity contribution in [2.45, 2.75) is 13.5 Å². The van der Waals surface area contributed by atoms with Gasteiger partial charge in [-0.05, 0) is 36.8 Å². The predicted octanol–water partition coefficient (Wildman–Crippen LogP) is 5.20. The second-order valence-electron chi connectivity index (χ2n) is 6.00. The molecule has 0 fully saturated rings. The second kappa shape index (κ2) is 5.93. The lowest BCUT2D eigenvalue weighted by atomic mass is 10.1. The lowest BCUT2D eigenvalue weighted by Gasteiger charge is -2.10. The highest BCUT2D eigenvalue weighted by Crippen LogP contribution is 2.26. The third kappa shape index (κ3) is 2.69. The molecule has 0 N–H and O–H groups in total. The molecule has 3 heteroatoms. The lowest BCUT2D eigenvalue weighted by molar-refractivity contribution is 0.626. The molecule has 24 heavy (non-hydrogen) atoms. The van der Waals surface area contributed by atoms with Crippen LogP contribution in [0, 0.1) is 12.7 Å². The zero-order valence-electron chi connectivity index (χ0n) is 13.4. The molecular weight excluding hydrogens is 299 g/mol. The van der Waals surface area contributed by atoms with Gasteiger partial charge in [-0.25, -0.2) is 9.37 Å². The minimum atomic E-state index is -0.215. The van der Waals surface area contributed by atoms with Crippen LogP contribution in [0.4, 0.5) is 4.39 Å². The molecule has 0 amide bonds. The summed E-state index contributed by atoms with van der Waals surface area (Å²) in [6.07, 6.45) is 0. The van der Waals surface area contributed by atoms with Gasteiger partial charge in [0, 0.05) is 12.1 Å². The first-order valence-corrected chi connectivity index (χ1v) is 7.97. The molecule has 0 aliphatic rings. The van der Waals surface area contributed by atoms with Gasteiger partial charge in [0.15, 0.2) is 0 Å². The summed E-state index contributed by atoms with van der Waals surface area (Å²) in [5.74, 6) is 0.716. The van der Waals surface area contributed by atoms with Gasteiger partial charge in [-0.2, -0.15) is 0 Å². The minimum Gasteiger partial charge on any atom is -0.319 e. The molecule has 0 bridgehead atoms. The molecule has 0 aliphatic heterocycles. The maximum absolute atomic E-state index is 13.2. The van der Waals surface area contributed by atoms with Crippen molar-refractivity contribution in [1.29, 1.82) is 0 Å². The molecule has 4 aromatic rings. The van der Waals surface area contributed by atoms with Crippen molar-refractivity contribution in [1.82, 2.24) is 9.55 Å². The third-order valence-electron chi connectivity index (χ3n) is 4.22. The summed E-state index contributed by atoms with van der Waals surface area (Å²) >= 11 is 0. The summed E-state index contributed by atoms with van der Waals surface area (Å²) in [6.45, 7) is 2.73. The monoisotopic (exact) mass is 316 g/mol. The van der Waals surface area contributed by atoms with E-state index in [4.69, 9.17) is 4.98 Å². The Bertz CT molecular complexity index is 983. The van der Waals surface area contributed by atoms with Gasteiger partial charge in [0.05, 0.1) is 11.0 Å². The summed E-state index contributed by atoms with van der Waals surface area (Å²) in [5.41, 5.74) is 5.40. The smallest absolute Gasteiger partial charge is 0.141 e. The van der Waals surface area contributed by atoms with Gasteiger partial charge < -0.3 is 4.57 Å². The summed E-state index contributed by atoms with van der Waals surface area (Å²) in [7, 11) is 0. The van der Waals surface area contributed by atoms with Crippen LogP contribution in [0.1, 0.15) is 11.1 Å². The molecule has 0 spiro atoms. The van der Waals surface area contributed by atoms with E-state index in [1.165, 1.54) is 17.7 Å². The highest BCUT2D eigenvalue weighted by Gasteiger charge is 2.12. The summed E-state index contributed by atoms with van der Waals surface area (Å²) < 4.78 is 15.4. The first-order chi connectivity index (χ1) is 11.7. The molecule has 0 saturated heterocycles. The van der Waals surface area contributed by atoms with E-state index in [2.05, 4.69) is 41.8 Å². The molecule has 0 unspecified atom stereocenters. The largest absolute Gasteiger partial charge is 0.319 e. The van der Waals surface area contributed by atoms with Crippen LogP contribution < -0.4 is 0 Å². The van der Waals surface area contributed by atoms with Crippen molar-refractivity contribution in [2.75, 3.05) is 0 Å². The first-order valence-electron chi connectivity index (χ1n) is 7.97. The molecule has 1 aromatic heterocycles. The number of rotatable bonds is 3. The average molecular weight is 316 g/mol. The van der Waals surface area contributed by atoms with Crippen LogP contribution in [0.15, 0.2) is 72.8 Å². The predicted molar refractivity (Wildman–Crippen MR) is 95.4 cm³/mol. The fourth-order valence-electron chi connectivity index (χ4n) is 2.93. The van der Waals surface area contributed by atoms with Gasteiger partial charge >= 0.3 is 0 Å². The lowest BCUT2D eigenvalue weighted by Crippen LogP contribution is -2.02.